The molecule has 0 saturated carbocycles. The molecule has 9 rings (SSSR count). The number of carbonyl (C=O) groups is 2. The Morgan fingerprint density at radius 3 is 1.93 bits per heavy atom. The highest BCUT2D eigenvalue weighted by atomic mass is 79.9. The zero-order valence-electron chi connectivity index (χ0n) is 23.1. The molecule has 0 atom stereocenters. The molecule has 0 unspecified atom stereocenters. The van der Waals surface area contributed by atoms with E-state index in [2.05, 4.69) is 119 Å². The van der Waals surface area contributed by atoms with Crippen molar-refractivity contribution in [3.8, 4) is 22.8 Å². The maximum atomic E-state index is 10.4. The summed E-state index contributed by atoms with van der Waals surface area (Å²) < 4.78 is 6.10. The monoisotopic (exact) mass is 703 g/mol. The van der Waals surface area contributed by atoms with Gasteiger partial charge in [0.1, 0.15) is 16.3 Å². The second kappa shape index (κ2) is 11.5. The van der Waals surface area contributed by atoms with Crippen molar-refractivity contribution in [1.29, 1.82) is 0 Å². The van der Waals surface area contributed by atoms with Crippen molar-refractivity contribution in [2.24, 2.45) is 9.98 Å². The van der Waals surface area contributed by atoms with Gasteiger partial charge in [-0.25, -0.2) is 13.9 Å². The fourth-order valence-corrected chi connectivity index (χ4v) is 6.54. The van der Waals surface area contributed by atoms with Crippen LogP contribution >= 0.6 is 32.1 Å². The number of amides is 2. The molecule has 5 aliphatic heterocycles. The third kappa shape index (κ3) is 4.89. The number of anilines is 2. The van der Waals surface area contributed by atoms with E-state index in [0.717, 1.165) is 71.1 Å². The number of nitrogens with zero attached hydrogens (tertiary/aromatic N) is 9. The standard InChI is InChI=1S/C13H11BrN4.C13H12N4.C4H4BrNO2/c14-11-8-16-12-9-4-1-2-5-10(9)17-7-3-6-15-13(17)18(11)12;1-2-5-11-10(4-1)12-14-7-9-17(12)13-15-6-3-8-16(11)13;5-6-3(7)1-2-4(6)8/h1-2,4-5,8H,3,6-7H2;1-2,4-5,7,9H,3,6,8H2;1-2H2. The Morgan fingerprint density at radius 2 is 1.30 bits per heavy atom. The fourth-order valence-electron chi connectivity index (χ4n) is 5.76. The van der Waals surface area contributed by atoms with Gasteiger partial charge >= 0.3 is 0 Å². The molecule has 0 aliphatic carbocycles. The Labute approximate surface area is 265 Å². The van der Waals surface area contributed by atoms with Gasteiger partial charge in [0.05, 0.1) is 33.7 Å². The lowest BCUT2D eigenvalue weighted by Crippen LogP contribution is -2.43. The van der Waals surface area contributed by atoms with Crippen LogP contribution in [0.15, 0.2) is 81.7 Å². The van der Waals surface area contributed by atoms with Crippen molar-refractivity contribution >= 4 is 67.2 Å². The summed E-state index contributed by atoms with van der Waals surface area (Å²) in [5, 5.41) is 0. The van der Waals surface area contributed by atoms with Crippen molar-refractivity contribution in [3.63, 3.8) is 0 Å². The Hall–Kier alpha value is -4.10. The fraction of sp³-hybridized carbons (Fsp3) is 0.267. The first-order valence-corrected chi connectivity index (χ1v) is 15.6. The zero-order valence-corrected chi connectivity index (χ0v) is 26.3. The largest absolute Gasteiger partial charge is 0.311 e. The van der Waals surface area contributed by atoms with Gasteiger partial charge in [-0.1, -0.05) is 24.3 Å². The summed E-state index contributed by atoms with van der Waals surface area (Å²) in [5.41, 5.74) is 4.80. The molecule has 13 heteroatoms. The average Bonchev–Trinajstić information content (AvgIpc) is 3.78. The van der Waals surface area contributed by atoms with Gasteiger partial charge < -0.3 is 9.80 Å². The Bertz CT molecular complexity index is 1780. The predicted molar refractivity (Wildman–Crippen MR) is 172 cm³/mol. The lowest BCUT2D eigenvalue weighted by atomic mass is 10.1. The topological polar surface area (TPSA) is 104 Å². The molecule has 0 radical (unpaired) electrons. The van der Waals surface area contributed by atoms with Gasteiger partial charge in [-0.05, 0) is 53.0 Å². The molecule has 4 aromatic rings. The molecule has 5 aliphatic rings. The molecule has 2 aromatic carbocycles. The third-order valence-electron chi connectivity index (χ3n) is 7.71. The second-order valence-corrected chi connectivity index (χ2v) is 11.9. The summed E-state index contributed by atoms with van der Waals surface area (Å²) in [5.74, 6) is 3.68. The molecule has 11 nitrogen and oxygen atoms in total. The van der Waals surface area contributed by atoms with Crippen LogP contribution in [0.2, 0.25) is 0 Å². The number of aromatic nitrogens is 4. The smallest absolute Gasteiger partial charge is 0.239 e. The van der Waals surface area contributed by atoms with Crippen molar-refractivity contribution < 1.29 is 9.59 Å². The first-order valence-electron chi connectivity index (χ1n) is 14.1. The van der Waals surface area contributed by atoms with E-state index < -0.39 is 0 Å². The quantitative estimate of drug-likeness (QED) is 0.185. The van der Waals surface area contributed by atoms with Crippen LogP contribution in [0, 0.1) is 0 Å². The van der Waals surface area contributed by atoms with Gasteiger partial charge in [0.2, 0.25) is 23.7 Å². The average molecular weight is 705 g/mol. The molecule has 2 aromatic heterocycles. The first kappa shape index (κ1) is 27.7. The van der Waals surface area contributed by atoms with E-state index >= 15 is 0 Å². The summed E-state index contributed by atoms with van der Waals surface area (Å²) in [7, 11) is 0. The third-order valence-corrected chi connectivity index (χ3v) is 9.06. The number of carbonyl (C=O) groups excluding carboxylic acids is 2. The van der Waals surface area contributed by atoms with Crippen molar-refractivity contribution in [2.75, 3.05) is 36.0 Å². The molecule has 1 saturated heterocycles. The van der Waals surface area contributed by atoms with Crippen LogP contribution < -0.4 is 9.80 Å². The number of imide groups is 1. The van der Waals surface area contributed by atoms with Gasteiger partial charge in [-0.2, -0.15) is 0 Å². The van der Waals surface area contributed by atoms with Crippen LogP contribution in [-0.2, 0) is 9.59 Å². The van der Waals surface area contributed by atoms with Gasteiger partial charge in [-0.15, -0.1) is 0 Å². The normalized spacial score (nSPS) is 17.5. The van der Waals surface area contributed by atoms with E-state index in [-0.39, 0.29) is 11.8 Å². The Balaban J connectivity index is 0.000000113. The minimum Gasteiger partial charge on any atom is -0.311 e. The van der Waals surface area contributed by atoms with Crippen molar-refractivity contribution in [3.05, 3.63) is 71.7 Å². The van der Waals surface area contributed by atoms with Crippen LogP contribution in [0.1, 0.15) is 25.7 Å². The highest BCUT2D eigenvalue weighted by Crippen LogP contribution is 2.38. The molecule has 1 fully saturated rings. The minimum atomic E-state index is -0.144. The number of fused-ring (bicyclic) bond motifs is 12. The van der Waals surface area contributed by atoms with Gasteiger partial charge in [0.15, 0.2) is 0 Å². The van der Waals surface area contributed by atoms with E-state index in [0.29, 0.717) is 12.8 Å². The second-order valence-electron chi connectivity index (χ2n) is 10.3. The maximum absolute atomic E-state index is 10.4. The van der Waals surface area contributed by atoms with Crippen LogP contribution in [0.4, 0.5) is 11.4 Å². The van der Waals surface area contributed by atoms with E-state index in [1.807, 2.05) is 18.6 Å². The van der Waals surface area contributed by atoms with E-state index in [4.69, 9.17) is 0 Å². The SMILES string of the molecule is Brc1cnc2n1C1=NCCCN1c1ccccc1-2.O=C1CCC(=O)N1Br.c1ccc2c(c1)-c1nccn1C1=NCCCN12. The number of hydrogen-bond acceptors (Lipinski definition) is 8. The number of benzene rings is 2. The summed E-state index contributed by atoms with van der Waals surface area (Å²) in [4.78, 5) is 43.7. The number of rotatable bonds is 0. The number of imidazole rings is 2. The molecule has 0 N–H and O–H groups in total. The molecular formula is C30H27Br2N9O2. The number of hydrogen-bond donors (Lipinski definition) is 0. The number of halogens is 2. The van der Waals surface area contributed by atoms with Crippen LogP contribution in [0.3, 0.4) is 0 Å². The van der Waals surface area contributed by atoms with Crippen LogP contribution in [-0.4, -0.2) is 72.9 Å². The summed E-state index contributed by atoms with van der Waals surface area (Å²) in [6, 6.07) is 16.8. The maximum Gasteiger partial charge on any atom is 0.239 e. The Morgan fingerprint density at radius 1 is 0.721 bits per heavy atom. The molecule has 218 valence electrons. The highest BCUT2D eigenvalue weighted by Gasteiger charge is 2.31. The van der Waals surface area contributed by atoms with Gasteiger partial charge in [0, 0.05) is 62.5 Å². The van der Waals surface area contributed by atoms with E-state index in [9.17, 15) is 9.59 Å². The van der Waals surface area contributed by atoms with Crippen molar-refractivity contribution in [1.82, 2.24) is 23.0 Å². The molecule has 0 bridgehead atoms. The van der Waals surface area contributed by atoms with E-state index in [1.54, 1.807) is 0 Å². The number of aliphatic imine (C=N–C) groups is 2. The van der Waals surface area contributed by atoms with Gasteiger partial charge in [-0.3, -0.25) is 28.7 Å². The van der Waals surface area contributed by atoms with Gasteiger partial charge in [0.25, 0.3) is 0 Å². The zero-order chi connectivity index (χ0) is 29.5. The van der Waals surface area contributed by atoms with E-state index in [1.165, 1.54) is 22.5 Å². The summed E-state index contributed by atoms with van der Waals surface area (Å²) >= 11 is 6.36. The molecular weight excluding hydrogens is 678 g/mol. The predicted octanol–water partition coefficient (Wildman–Crippen LogP) is 5.16. The Kier molecular flexibility index (Phi) is 7.43. The summed E-state index contributed by atoms with van der Waals surface area (Å²) in [6.45, 7) is 3.84. The lowest BCUT2D eigenvalue weighted by Gasteiger charge is -2.35. The minimum absolute atomic E-state index is 0.144. The molecule has 43 heavy (non-hydrogen) atoms. The van der Waals surface area contributed by atoms with Crippen LogP contribution in [0.5, 0.6) is 0 Å². The first-order chi connectivity index (χ1) is 21.0. The molecule has 2 amide bonds. The number of para-hydroxylation sites is 2. The lowest BCUT2D eigenvalue weighted by molar-refractivity contribution is -0.131. The van der Waals surface area contributed by atoms with Crippen LogP contribution in [0.25, 0.3) is 22.8 Å². The summed E-state index contributed by atoms with van der Waals surface area (Å²) in [6.07, 6.45) is 8.58. The van der Waals surface area contributed by atoms with Crippen molar-refractivity contribution in [2.45, 2.75) is 25.7 Å². The highest BCUT2D eigenvalue weighted by molar-refractivity contribution is 9.10. The molecule has 0 spiro atoms. The molecule has 7 heterocycles.